The molecule has 1 amide bonds. The second-order valence-corrected chi connectivity index (χ2v) is 9.95. The van der Waals surface area contributed by atoms with Crippen molar-refractivity contribution in [3.05, 3.63) is 95.6 Å². The molecule has 190 valence electrons. The van der Waals surface area contributed by atoms with Gasteiger partial charge in [-0.2, -0.15) is 8.42 Å². The number of hydrogen-bond acceptors (Lipinski definition) is 7. The van der Waals surface area contributed by atoms with Gasteiger partial charge in [0.1, 0.15) is 17.3 Å². The fourth-order valence-corrected chi connectivity index (χ4v) is 4.20. The molecule has 0 saturated heterocycles. The van der Waals surface area contributed by atoms with Gasteiger partial charge in [0, 0.05) is 6.54 Å². The lowest BCUT2D eigenvalue weighted by Crippen LogP contribution is -2.33. The summed E-state index contributed by atoms with van der Waals surface area (Å²) in [5, 5.41) is 2.58. The van der Waals surface area contributed by atoms with E-state index >= 15 is 0 Å². The van der Waals surface area contributed by atoms with Crippen molar-refractivity contribution >= 4 is 22.2 Å². The van der Waals surface area contributed by atoms with Crippen LogP contribution < -0.4 is 9.50 Å². The number of benzene rings is 3. The van der Waals surface area contributed by atoms with Crippen molar-refractivity contribution in [3.8, 4) is 5.75 Å². The molecular weight excluding hydrogens is 482 g/mol. The summed E-state index contributed by atoms with van der Waals surface area (Å²) in [6.07, 6.45) is -1.08. The van der Waals surface area contributed by atoms with E-state index in [1.807, 2.05) is 37.3 Å². The summed E-state index contributed by atoms with van der Waals surface area (Å²) in [6, 6.07) is 21.6. The van der Waals surface area contributed by atoms with E-state index in [2.05, 4.69) is 5.32 Å². The highest BCUT2D eigenvalue weighted by molar-refractivity contribution is 7.87. The predicted molar refractivity (Wildman–Crippen MR) is 134 cm³/mol. The van der Waals surface area contributed by atoms with E-state index in [-0.39, 0.29) is 29.9 Å². The smallest absolute Gasteiger partial charge is 0.407 e. The zero-order valence-electron chi connectivity index (χ0n) is 20.3. The Morgan fingerprint density at radius 3 is 2.28 bits per heavy atom. The molecule has 36 heavy (non-hydrogen) atoms. The molecule has 1 unspecified atom stereocenters. The Balaban J connectivity index is 1.73. The number of ether oxygens (including phenoxy) is 2. The maximum atomic E-state index is 12.8. The molecule has 3 aromatic rings. The molecule has 0 bridgehead atoms. The van der Waals surface area contributed by atoms with Gasteiger partial charge in [0.2, 0.25) is 0 Å². The van der Waals surface area contributed by atoms with Gasteiger partial charge in [-0.25, -0.2) is 4.79 Å². The first-order valence-electron chi connectivity index (χ1n) is 11.4. The van der Waals surface area contributed by atoms with Crippen molar-refractivity contribution in [1.82, 2.24) is 5.32 Å². The number of rotatable bonds is 10. The molecule has 0 radical (unpaired) electrons. The average Bonchev–Trinajstić information content (AvgIpc) is 2.83. The lowest BCUT2D eigenvalue weighted by molar-refractivity contribution is -0.149. The summed E-state index contributed by atoms with van der Waals surface area (Å²) in [5.74, 6) is -1.46. The van der Waals surface area contributed by atoms with Gasteiger partial charge in [-0.1, -0.05) is 60.2 Å². The van der Waals surface area contributed by atoms with E-state index < -0.39 is 28.1 Å². The van der Waals surface area contributed by atoms with Crippen LogP contribution in [0.1, 0.15) is 36.5 Å². The van der Waals surface area contributed by atoms with Crippen LogP contribution in [0, 0.1) is 6.92 Å². The number of esters is 1. The maximum Gasteiger partial charge on any atom is 0.407 e. The Bertz CT molecular complexity index is 1270. The zero-order chi connectivity index (χ0) is 26.1. The topological polar surface area (TPSA) is 108 Å². The van der Waals surface area contributed by atoms with Crippen LogP contribution >= 0.6 is 0 Å². The zero-order valence-corrected chi connectivity index (χ0v) is 21.2. The fraction of sp³-hybridized carbons (Fsp3) is 0.259. The standard InChI is InChI=1S/C27H29NO7S/c1-19(2)34-26(29)25(17-28-27(30)33-18-21-8-5-4-6-9-21)22-10-7-11-23(16-22)35-36(31,32)24-14-12-20(3)13-15-24/h4-16,19,25H,17-18H2,1-3H3,(H,28,30). The minimum absolute atomic E-state index is 0.0112. The van der Waals surface area contributed by atoms with Crippen LogP contribution in [0.5, 0.6) is 5.75 Å². The second-order valence-electron chi connectivity index (χ2n) is 8.40. The number of carbonyl (C=O) groups excluding carboxylic acids is 2. The third kappa shape index (κ3) is 7.84. The number of nitrogens with one attached hydrogen (secondary N) is 1. The second kappa shape index (κ2) is 12.2. The van der Waals surface area contributed by atoms with Crippen LogP contribution in [0.25, 0.3) is 0 Å². The molecule has 0 aliphatic rings. The molecular formula is C27H29NO7S. The third-order valence-corrected chi connectivity index (χ3v) is 6.34. The van der Waals surface area contributed by atoms with Crippen molar-refractivity contribution in [2.45, 2.75) is 44.3 Å². The maximum absolute atomic E-state index is 12.8. The van der Waals surface area contributed by atoms with Gasteiger partial charge in [0.25, 0.3) is 0 Å². The first-order valence-corrected chi connectivity index (χ1v) is 12.8. The molecule has 0 aliphatic carbocycles. The molecule has 0 fully saturated rings. The molecule has 0 aliphatic heterocycles. The van der Waals surface area contributed by atoms with Crippen LogP contribution in [0.3, 0.4) is 0 Å². The Labute approximate surface area is 211 Å². The molecule has 0 saturated carbocycles. The van der Waals surface area contributed by atoms with Gasteiger partial charge in [-0.05, 0) is 56.2 Å². The third-order valence-electron chi connectivity index (χ3n) is 5.08. The minimum Gasteiger partial charge on any atom is -0.462 e. The fourth-order valence-electron chi connectivity index (χ4n) is 3.27. The SMILES string of the molecule is Cc1ccc(S(=O)(=O)Oc2cccc(C(CNC(=O)OCc3ccccc3)C(=O)OC(C)C)c2)cc1. The van der Waals surface area contributed by atoms with Crippen LogP contribution in [0.2, 0.25) is 0 Å². The Morgan fingerprint density at radius 1 is 0.917 bits per heavy atom. The van der Waals surface area contributed by atoms with Gasteiger partial charge >= 0.3 is 22.2 Å². The largest absolute Gasteiger partial charge is 0.462 e. The van der Waals surface area contributed by atoms with Gasteiger partial charge < -0.3 is 19.0 Å². The van der Waals surface area contributed by atoms with Gasteiger partial charge in [0.05, 0.1) is 12.0 Å². The number of alkyl carbamates (subject to hydrolysis) is 1. The van der Waals surface area contributed by atoms with Crippen molar-refractivity contribution < 1.29 is 31.7 Å². The Kier molecular flexibility index (Phi) is 9.08. The van der Waals surface area contributed by atoms with Crippen LogP contribution in [-0.4, -0.2) is 33.1 Å². The van der Waals surface area contributed by atoms with Crippen molar-refractivity contribution in [2.75, 3.05) is 6.54 Å². The van der Waals surface area contributed by atoms with E-state index in [0.29, 0.717) is 5.56 Å². The number of aryl methyl sites for hydroxylation is 1. The van der Waals surface area contributed by atoms with Crippen molar-refractivity contribution in [2.24, 2.45) is 0 Å². The number of carbonyl (C=O) groups is 2. The first kappa shape index (κ1) is 26.7. The molecule has 1 atom stereocenters. The molecule has 1 N–H and O–H groups in total. The molecule has 0 spiro atoms. The Morgan fingerprint density at radius 2 is 1.61 bits per heavy atom. The normalized spacial score (nSPS) is 12.0. The van der Waals surface area contributed by atoms with E-state index in [0.717, 1.165) is 11.1 Å². The lowest BCUT2D eigenvalue weighted by Gasteiger charge is -2.19. The highest BCUT2D eigenvalue weighted by Crippen LogP contribution is 2.25. The Hall–Kier alpha value is -3.85. The van der Waals surface area contributed by atoms with Crippen LogP contribution in [0.15, 0.2) is 83.8 Å². The first-order chi connectivity index (χ1) is 17.1. The average molecular weight is 512 g/mol. The molecule has 3 rings (SSSR count). The summed E-state index contributed by atoms with van der Waals surface area (Å²) in [5.41, 5.74) is 2.15. The summed E-state index contributed by atoms with van der Waals surface area (Å²) in [7, 11) is -4.08. The summed E-state index contributed by atoms with van der Waals surface area (Å²) < 4.78 is 41.3. The highest BCUT2D eigenvalue weighted by atomic mass is 32.2. The molecule has 9 heteroatoms. The monoisotopic (exact) mass is 511 g/mol. The van der Waals surface area contributed by atoms with Crippen LogP contribution in [0.4, 0.5) is 4.79 Å². The summed E-state index contributed by atoms with van der Waals surface area (Å²) in [6.45, 7) is 5.23. The molecule has 8 nitrogen and oxygen atoms in total. The highest BCUT2D eigenvalue weighted by Gasteiger charge is 2.26. The van der Waals surface area contributed by atoms with E-state index in [1.54, 1.807) is 38.1 Å². The quantitative estimate of drug-likeness (QED) is 0.310. The van der Waals surface area contributed by atoms with Crippen molar-refractivity contribution in [3.63, 3.8) is 0 Å². The molecule has 0 aromatic heterocycles. The minimum atomic E-state index is -4.08. The van der Waals surface area contributed by atoms with E-state index in [1.165, 1.54) is 24.3 Å². The van der Waals surface area contributed by atoms with E-state index in [4.69, 9.17) is 13.7 Å². The van der Waals surface area contributed by atoms with Crippen LogP contribution in [-0.2, 0) is 31.0 Å². The van der Waals surface area contributed by atoms with Gasteiger partial charge in [-0.3, -0.25) is 4.79 Å². The number of amides is 1. The van der Waals surface area contributed by atoms with E-state index in [9.17, 15) is 18.0 Å². The molecule has 3 aromatic carbocycles. The lowest BCUT2D eigenvalue weighted by atomic mass is 9.99. The van der Waals surface area contributed by atoms with Gasteiger partial charge in [0.15, 0.2) is 0 Å². The summed E-state index contributed by atoms with van der Waals surface area (Å²) in [4.78, 5) is 25.1. The number of hydrogen-bond donors (Lipinski definition) is 1. The predicted octanol–water partition coefficient (Wildman–Crippen LogP) is 4.72. The molecule has 0 heterocycles. The summed E-state index contributed by atoms with van der Waals surface area (Å²) >= 11 is 0. The van der Waals surface area contributed by atoms with Gasteiger partial charge in [-0.15, -0.1) is 0 Å². The van der Waals surface area contributed by atoms with Crippen molar-refractivity contribution in [1.29, 1.82) is 0 Å².